The van der Waals surface area contributed by atoms with Gasteiger partial charge in [0, 0.05) is 17.5 Å². The van der Waals surface area contributed by atoms with Crippen LogP contribution in [0.1, 0.15) is 23.5 Å². The van der Waals surface area contributed by atoms with Crippen molar-refractivity contribution in [2.75, 3.05) is 6.54 Å². The Morgan fingerprint density at radius 1 is 1.03 bits per heavy atom. The van der Waals surface area contributed by atoms with Gasteiger partial charge in [-0.05, 0) is 29.7 Å². The van der Waals surface area contributed by atoms with Crippen molar-refractivity contribution >= 4 is 39.1 Å². The first-order valence-corrected chi connectivity index (χ1v) is 11.9. The van der Waals surface area contributed by atoms with E-state index in [1.54, 1.807) is 12.1 Å². The normalized spacial score (nSPS) is 15.9. The maximum Gasteiger partial charge on any atom is 0.351 e. The number of halogens is 1. The van der Waals surface area contributed by atoms with E-state index in [1.807, 2.05) is 42.5 Å². The van der Waals surface area contributed by atoms with Crippen LogP contribution in [-0.2, 0) is 10.0 Å². The van der Waals surface area contributed by atoms with E-state index >= 15 is 0 Å². The Hall–Kier alpha value is -3.67. The summed E-state index contributed by atoms with van der Waals surface area (Å²) in [6, 6.07) is 21.5. The first-order chi connectivity index (χ1) is 15.9. The number of benzene rings is 3. The lowest BCUT2D eigenvalue weighted by molar-refractivity contribution is 0.202. The van der Waals surface area contributed by atoms with Crippen molar-refractivity contribution in [3.8, 4) is 0 Å². The number of hydrazone groups is 1. The number of nitrogens with zero attached hydrogens (tertiary/aromatic N) is 3. The monoisotopic (exact) mass is 478 g/mol. The molecule has 1 aliphatic rings. The van der Waals surface area contributed by atoms with Crippen molar-refractivity contribution in [1.29, 1.82) is 0 Å². The molecule has 0 aromatic heterocycles. The fourth-order valence-electron chi connectivity index (χ4n) is 3.60. The SMILES string of the molecule is [C-]#[N+]c1ccc(S(=O)(=O)NC(=O)N2CCC(c3ccccc3)C(c3ccc(Cl)cc3)=N2)cc1. The molecule has 0 saturated heterocycles. The molecule has 0 radical (unpaired) electrons. The molecule has 2 amide bonds. The van der Waals surface area contributed by atoms with Gasteiger partial charge in [0.15, 0.2) is 5.69 Å². The Labute approximate surface area is 197 Å². The van der Waals surface area contributed by atoms with E-state index in [0.29, 0.717) is 22.8 Å². The second kappa shape index (κ2) is 9.45. The highest BCUT2D eigenvalue weighted by molar-refractivity contribution is 7.90. The van der Waals surface area contributed by atoms with Gasteiger partial charge in [-0.3, -0.25) is 0 Å². The molecule has 1 atom stereocenters. The van der Waals surface area contributed by atoms with Gasteiger partial charge in [-0.1, -0.05) is 78.3 Å². The van der Waals surface area contributed by atoms with Gasteiger partial charge in [-0.2, -0.15) is 5.10 Å². The van der Waals surface area contributed by atoms with E-state index in [9.17, 15) is 13.2 Å². The maximum atomic E-state index is 12.8. The molecule has 1 N–H and O–H groups in total. The Morgan fingerprint density at radius 3 is 2.33 bits per heavy atom. The van der Waals surface area contributed by atoms with E-state index in [-0.39, 0.29) is 17.4 Å². The van der Waals surface area contributed by atoms with Gasteiger partial charge in [0.05, 0.1) is 17.2 Å². The van der Waals surface area contributed by atoms with Crippen LogP contribution in [0.2, 0.25) is 5.02 Å². The third-order valence-corrected chi connectivity index (χ3v) is 6.85. The fraction of sp³-hybridized carbons (Fsp3) is 0.125. The van der Waals surface area contributed by atoms with Crippen molar-refractivity contribution in [3.05, 3.63) is 106 Å². The summed E-state index contributed by atoms with van der Waals surface area (Å²) in [6.45, 7) is 7.22. The quantitative estimate of drug-likeness (QED) is 0.524. The number of urea groups is 1. The first-order valence-electron chi connectivity index (χ1n) is 10.1. The molecule has 9 heteroatoms. The summed E-state index contributed by atoms with van der Waals surface area (Å²) in [5.74, 6) is -0.0609. The Bertz CT molecular complexity index is 1330. The summed E-state index contributed by atoms with van der Waals surface area (Å²) in [5, 5.41) is 6.25. The highest BCUT2D eigenvalue weighted by Gasteiger charge is 2.30. The number of hydrogen-bond acceptors (Lipinski definition) is 4. The van der Waals surface area contributed by atoms with E-state index < -0.39 is 16.1 Å². The van der Waals surface area contributed by atoms with Crippen molar-refractivity contribution in [1.82, 2.24) is 9.73 Å². The minimum atomic E-state index is -4.12. The third-order valence-electron chi connectivity index (χ3n) is 5.26. The van der Waals surface area contributed by atoms with Crippen LogP contribution in [0.3, 0.4) is 0 Å². The number of carbonyl (C=O) groups excluding carboxylic acids is 1. The number of rotatable bonds is 4. The Morgan fingerprint density at radius 2 is 1.70 bits per heavy atom. The van der Waals surface area contributed by atoms with E-state index in [4.69, 9.17) is 18.2 Å². The smallest absolute Gasteiger partial charge is 0.246 e. The third kappa shape index (κ3) is 5.06. The molecule has 4 rings (SSSR count). The molecule has 0 spiro atoms. The number of carbonyl (C=O) groups is 1. The Kier molecular flexibility index (Phi) is 6.45. The molecule has 0 saturated carbocycles. The molecule has 3 aromatic carbocycles. The lowest BCUT2D eigenvalue weighted by atomic mass is 9.86. The molecule has 0 fully saturated rings. The molecule has 0 bridgehead atoms. The van der Waals surface area contributed by atoms with Crippen LogP contribution in [-0.4, -0.2) is 31.7 Å². The van der Waals surface area contributed by atoms with Crippen molar-refractivity contribution < 1.29 is 13.2 Å². The average molecular weight is 479 g/mol. The van der Waals surface area contributed by atoms with Crippen LogP contribution in [0, 0.1) is 6.57 Å². The van der Waals surface area contributed by atoms with Gasteiger partial charge >= 0.3 is 6.03 Å². The summed E-state index contributed by atoms with van der Waals surface area (Å²) in [5.41, 5.74) is 2.81. The van der Waals surface area contributed by atoms with Crippen molar-refractivity contribution in [3.63, 3.8) is 0 Å². The highest BCUT2D eigenvalue weighted by Crippen LogP contribution is 2.30. The summed E-state index contributed by atoms with van der Waals surface area (Å²) < 4.78 is 27.4. The zero-order valence-electron chi connectivity index (χ0n) is 17.3. The van der Waals surface area contributed by atoms with Crippen LogP contribution in [0.25, 0.3) is 4.85 Å². The van der Waals surface area contributed by atoms with Gasteiger partial charge in [0.1, 0.15) is 0 Å². The summed E-state index contributed by atoms with van der Waals surface area (Å²) in [7, 11) is -4.12. The molecule has 3 aromatic rings. The molecule has 1 aliphatic heterocycles. The van der Waals surface area contributed by atoms with E-state index in [2.05, 4.69) is 14.7 Å². The number of sulfonamides is 1. The van der Waals surface area contributed by atoms with Crippen molar-refractivity contribution in [2.45, 2.75) is 17.2 Å². The minimum Gasteiger partial charge on any atom is -0.246 e. The molecule has 1 heterocycles. The first kappa shape index (κ1) is 22.5. The summed E-state index contributed by atoms with van der Waals surface area (Å²) >= 11 is 6.04. The second-order valence-electron chi connectivity index (χ2n) is 7.38. The van der Waals surface area contributed by atoms with Crippen LogP contribution in [0.15, 0.2) is 88.9 Å². The number of nitrogens with one attached hydrogen (secondary N) is 1. The van der Waals surface area contributed by atoms with E-state index in [1.165, 1.54) is 24.3 Å². The second-order valence-corrected chi connectivity index (χ2v) is 9.50. The number of hydrogen-bond donors (Lipinski definition) is 1. The predicted octanol–water partition coefficient (Wildman–Crippen LogP) is 5.18. The summed E-state index contributed by atoms with van der Waals surface area (Å²) in [6.07, 6.45) is 0.568. The van der Waals surface area contributed by atoms with Gasteiger partial charge in [0.2, 0.25) is 0 Å². The van der Waals surface area contributed by atoms with Crippen LogP contribution >= 0.6 is 11.6 Å². The molecule has 1 unspecified atom stereocenters. The van der Waals surface area contributed by atoms with Crippen LogP contribution < -0.4 is 4.72 Å². The minimum absolute atomic E-state index is 0.0609. The van der Waals surface area contributed by atoms with Gasteiger partial charge in [0.25, 0.3) is 10.0 Å². The van der Waals surface area contributed by atoms with Crippen LogP contribution in [0.4, 0.5) is 10.5 Å². The van der Waals surface area contributed by atoms with Gasteiger partial charge in [-0.15, -0.1) is 0 Å². The molecular formula is C24H19ClN4O3S. The molecule has 0 aliphatic carbocycles. The Balaban J connectivity index is 1.63. The number of amides is 2. The van der Waals surface area contributed by atoms with Crippen molar-refractivity contribution in [2.24, 2.45) is 5.10 Å². The molecule has 7 nitrogen and oxygen atoms in total. The standard InChI is InChI=1S/C24H19ClN4O3S/c1-26-20-11-13-21(14-12-20)33(31,32)28-24(30)29-16-15-22(17-5-3-2-4-6-17)23(27-29)18-7-9-19(25)10-8-18/h2-14,22H,15-16H2,(H,28,30). The lowest BCUT2D eigenvalue weighted by Crippen LogP contribution is -2.43. The van der Waals surface area contributed by atoms with Gasteiger partial charge < -0.3 is 0 Å². The molecule has 166 valence electrons. The average Bonchev–Trinajstić information content (AvgIpc) is 2.84. The molecular weight excluding hydrogens is 460 g/mol. The topological polar surface area (TPSA) is 83.2 Å². The fourth-order valence-corrected chi connectivity index (χ4v) is 4.67. The lowest BCUT2D eigenvalue weighted by Gasteiger charge is -2.30. The summed E-state index contributed by atoms with van der Waals surface area (Å²) in [4.78, 5) is 16.0. The predicted molar refractivity (Wildman–Crippen MR) is 127 cm³/mol. The zero-order chi connectivity index (χ0) is 23.4. The van der Waals surface area contributed by atoms with E-state index in [0.717, 1.165) is 16.1 Å². The highest BCUT2D eigenvalue weighted by atomic mass is 35.5. The zero-order valence-corrected chi connectivity index (χ0v) is 18.9. The van der Waals surface area contributed by atoms with Gasteiger partial charge in [-0.25, -0.2) is 27.8 Å². The van der Waals surface area contributed by atoms with Crippen LogP contribution in [0.5, 0.6) is 0 Å². The maximum absolute atomic E-state index is 12.8. The largest absolute Gasteiger partial charge is 0.351 e. The molecule has 33 heavy (non-hydrogen) atoms.